The first-order valence-electron chi connectivity index (χ1n) is 6.28. The van der Waals surface area contributed by atoms with Gasteiger partial charge in [-0.1, -0.05) is 32.9 Å². The smallest absolute Gasteiger partial charge is 0.264 e. The van der Waals surface area contributed by atoms with Gasteiger partial charge in [-0.25, -0.2) is 4.98 Å². The monoisotopic (exact) mass is 384 g/mol. The predicted octanol–water partition coefficient (Wildman–Crippen LogP) is 3.35. The Morgan fingerprint density at radius 1 is 1.25 bits per heavy atom. The molecular formula is C15H17IN2O2. The fourth-order valence-electron chi connectivity index (χ4n) is 1.92. The summed E-state index contributed by atoms with van der Waals surface area (Å²) in [7, 11) is 1.61. The Labute approximate surface area is 131 Å². The summed E-state index contributed by atoms with van der Waals surface area (Å²) in [6, 6.07) is 7.52. The fraction of sp³-hybridized carbons (Fsp3) is 0.333. The summed E-state index contributed by atoms with van der Waals surface area (Å²) in [6.45, 7) is 6.13. The second-order valence-electron chi connectivity index (χ2n) is 5.53. The fourth-order valence-corrected chi connectivity index (χ4v) is 2.99. The molecule has 0 fully saturated rings. The number of para-hydroxylation sites is 1. The number of hydrogen-bond acceptors (Lipinski definition) is 3. The van der Waals surface area contributed by atoms with E-state index in [-0.39, 0.29) is 11.0 Å². The molecule has 0 aliphatic carbocycles. The number of methoxy groups -OCH3 is 1. The summed E-state index contributed by atoms with van der Waals surface area (Å²) < 4.78 is 5.96. The van der Waals surface area contributed by atoms with E-state index in [4.69, 9.17) is 4.74 Å². The SMILES string of the molecule is COc1ccccc1-c1nc(C(C)(C)C)c(I)c(=O)[nH]1. The minimum Gasteiger partial charge on any atom is -0.496 e. The van der Waals surface area contributed by atoms with Gasteiger partial charge >= 0.3 is 0 Å². The van der Waals surface area contributed by atoms with Gasteiger partial charge < -0.3 is 9.72 Å². The Kier molecular flexibility index (Phi) is 4.17. The maximum atomic E-state index is 12.1. The molecular weight excluding hydrogens is 367 g/mol. The van der Waals surface area contributed by atoms with Crippen molar-refractivity contribution < 1.29 is 4.74 Å². The molecule has 1 aromatic heterocycles. The lowest BCUT2D eigenvalue weighted by molar-refractivity contribution is 0.416. The van der Waals surface area contributed by atoms with Crippen LogP contribution in [0.2, 0.25) is 0 Å². The van der Waals surface area contributed by atoms with Crippen LogP contribution in [0.15, 0.2) is 29.1 Å². The molecule has 0 amide bonds. The zero-order valence-corrected chi connectivity index (χ0v) is 14.1. The standard InChI is InChI=1S/C15H17IN2O2/c1-15(2,3)12-11(16)14(19)18-13(17-12)9-7-5-6-8-10(9)20-4/h5-8H,1-4H3,(H,17,18,19). The lowest BCUT2D eigenvalue weighted by Gasteiger charge is -2.20. The van der Waals surface area contributed by atoms with Gasteiger partial charge in [-0.2, -0.15) is 0 Å². The van der Waals surface area contributed by atoms with Gasteiger partial charge in [0, 0.05) is 5.41 Å². The zero-order valence-electron chi connectivity index (χ0n) is 12.0. The third kappa shape index (κ3) is 2.87. The Hall–Kier alpha value is -1.37. The van der Waals surface area contributed by atoms with E-state index >= 15 is 0 Å². The van der Waals surface area contributed by atoms with Crippen molar-refractivity contribution in [3.05, 3.63) is 43.9 Å². The van der Waals surface area contributed by atoms with Crippen LogP contribution in [-0.4, -0.2) is 17.1 Å². The lowest BCUT2D eigenvalue weighted by atomic mass is 9.92. The molecule has 1 N–H and O–H groups in total. The number of benzene rings is 1. The van der Waals surface area contributed by atoms with Crippen LogP contribution in [0.25, 0.3) is 11.4 Å². The highest BCUT2D eigenvalue weighted by molar-refractivity contribution is 14.1. The van der Waals surface area contributed by atoms with Crippen molar-refractivity contribution in [1.29, 1.82) is 0 Å². The molecule has 0 radical (unpaired) electrons. The second kappa shape index (κ2) is 5.55. The summed E-state index contributed by atoms with van der Waals surface area (Å²) >= 11 is 2.05. The van der Waals surface area contributed by atoms with E-state index in [1.165, 1.54) is 0 Å². The van der Waals surface area contributed by atoms with Gasteiger partial charge in [-0.05, 0) is 34.7 Å². The first-order valence-corrected chi connectivity index (χ1v) is 7.36. The van der Waals surface area contributed by atoms with Crippen molar-refractivity contribution in [2.45, 2.75) is 26.2 Å². The highest BCUT2D eigenvalue weighted by Gasteiger charge is 2.22. The normalized spacial score (nSPS) is 11.4. The van der Waals surface area contributed by atoms with Gasteiger partial charge in [-0.15, -0.1) is 0 Å². The van der Waals surface area contributed by atoms with Crippen LogP contribution < -0.4 is 10.3 Å². The molecule has 0 saturated carbocycles. The van der Waals surface area contributed by atoms with E-state index < -0.39 is 0 Å². The minimum absolute atomic E-state index is 0.119. The number of H-pyrrole nitrogens is 1. The van der Waals surface area contributed by atoms with Gasteiger partial charge in [0.2, 0.25) is 0 Å². The molecule has 0 spiro atoms. The molecule has 106 valence electrons. The summed E-state index contributed by atoms with van der Waals surface area (Å²) in [6.07, 6.45) is 0. The molecule has 0 saturated heterocycles. The number of halogens is 1. The number of nitrogens with one attached hydrogen (secondary N) is 1. The van der Waals surface area contributed by atoms with E-state index in [9.17, 15) is 4.79 Å². The molecule has 0 unspecified atom stereocenters. The Bertz CT molecular complexity index is 687. The van der Waals surface area contributed by atoms with Crippen LogP contribution in [0.4, 0.5) is 0 Å². The molecule has 0 bridgehead atoms. The molecule has 0 atom stereocenters. The Morgan fingerprint density at radius 3 is 2.50 bits per heavy atom. The maximum Gasteiger partial charge on any atom is 0.264 e. The number of nitrogens with zero attached hydrogens (tertiary/aromatic N) is 1. The van der Waals surface area contributed by atoms with E-state index in [2.05, 4.69) is 9.97 Å². The Balaban J connectivity index is 2.71. The van der Waals surface area contributed by atoms with Crippen LogP contribution in [0.5, 0.6) is 5.75 Å². The third-order valence-electron chi connectivity index (χ3n) is 2.94. The van der Waals surface area contributed by atoms with Crippen LogP contribution in [0.1, 0.15) is 26.5 Å². The van der Waals surface area contributed by atoms with Crippen LogP contribution in [0, 0.1) is 3.57 Å². The average molecular weight is 384 g/mol. The highest BCUT2D eigenvalue weighted by Crippen LogP contribution is 2.29. The summed E-state index contributed by atoms with van der Waals surface area (Å²) in [5.41, 5.74) is 1.27. The average Bonchev–Trinajstić information content (AvgIpc) is 2.40. The molecule has 20 heavy (non-hydrogen) atoms. The summed E-state index contributed by atoms with van der Waals surface area (Å²) in [5.74, 6) is 1.23. The van der Waals surface area contributed by atoms with Gasteiger partial charge in [0.15, 0.2) is 0 Å². The van der Waals surface area contributed by atoms with Crippen molar-refractivity contribution >= 4 is 22.6 Å². The number of rotatable bonds is 2. The molecule has 4 nitrogen and oxygen atoms in total. The first-order chi connectivity index (χ1) is 9.34. The van der Waals surface area contributed by atoms with Crippen LogP contribution in [-0.2, 0) is 5.41 Å². The van der Waals surface area contributed by atoms with Crippen LogP contribution in [0.3, 0.4) is 0 Å². The summed E-state index contributed by atoms with van der Waals surface area (Å²) in [5, 5.41) is 0. The molecule has 2 aromatic rings. The van der Waals surface area contributed by atoms with Crippen molar-refractivity contribution in [2.75, 3.05) is 7.11 Å². The van der Waals surface area contributed by atoms with Gasteiger partial charge in [-0.3, -0.25) is 4.79 Å². The first kappa shape index (κ1) is 15.0. The Morgan fingerprint density at radius 2 is 1.90 bits per heavy atom. The minimum atomic E-state index is -0.193. The number of hydrogen-bond donors (Lipinski definition) is 1. The predicted molar refractivity (Wildman–Crippen MR) is 88.3 cm³/mol. The van der Waals surface area contributed by atoms with E-state index in [1.807, 2.05) is 67.6 Å². The molecule has 1 heterocycles. The van der Waals surface area contributed by atoms with Gasteiger partial charge in [0.1, 0.15) is 15.1 Å². The molecule has 0 aliphatic rings. The number of aromatic amines is 1. The van der Waals surface area contributed by atoms with E-state index in [0.717, 1.165) is 11.3 Å². The third-order valence-corrected chi connectivity index (χ3v) is 3.94. The van der Waals surface area contributed by atoms with Crippen molar-refractivity contribution in [3.63, 3.8) is 0 Å². The summed E-state index contributed by atoms with van der Waals surface area (Å²) in [4.78, 5) is 19.6. The number of aromatic nitrogens is 2. The van der Waals surface area contributed by atoms with Crippen molar-refractivity contribution in [2.24, 2.45) is 0 Å². The largest absolute Gasteiger partial charge is 0.496 e. The molecule has 1 aromatic carbocycles. The molecule has 2 rings (SSSR count). The topological polar surface area (TPSA) is 55.0 Å². The lowest BCUT2D eigenvalue weighted by Crippen LogP contribution is -2.24. The van der Waals surface area contributed by atoms with E-state index in [1.54, 1.807) is 7.11 Å². The molecule has 5 heteroatoms. The maximum absolute atomic E-state index is 12.1. The van der Waals surface area contributed by atoms with Gasteiger partial charge in [0.05, 0.1) is 18.4 Å². The van der Waals surface area contributed by atoms with Gasteiger partial charge in [0.25, 0.3) is 5.56 Å². The van der Waals surface area contributed by atoms with Crippen molar-refractivity contribution in [1.82, 2.24) is 9.97 Å². The van der Waals surface area contributed by atoms with Crippen LogP contribution >= 0.6 is 22.6 Å². The quantitative estimate of drug-likeness (QED) is 0.809. The zero-order chi connectivity index (χ0) is 14.9. The number of ether oxygens (including phenoxy) is 1. The highest BCUT2D eigenvalue weighted by atomic mass is 127. The van der Waals surface area contributed by atoms with E-state index in [0.29, 0.717) is 15.1 Å². The molecule has 0 aliphatic heterocycles. The van der Waals surface area contributed by atoms with Crippen molar-refractivity contribution in [3.8, 4) is 17.1 Å². The second-order valence-corrected chi connectivity index (χ2v) is 6.61.